The van der Waals surface area contributed by atoms with Crippen LogP contribution in [0.5, 0.6) is 5.75 Å². The summed E-state index contributed by atoms with van der Waals surface area (Å²) in [6, 6.07) is 6.55. The third kappa shape index (κ3) is 10.7. The number of aliphatic carboxylic acids is 1. The van der Waals surface area contributed by atoms with Gasteiger partial charge in [0.2, 0.25) is 23.6 Å². The molecular formula is C31H40N6O9S. The summed E-state index contributed by atoms with van der Waals surface area (Å²) >= 11 is 1.39. The zero-order valence-electron chi connectivity index (χ0n) is 25.6. The minimum absolute atomic E-state index is 0.00900. The molecule has 3 aromatic rings. The number of para-hydroxylation sites is 1. The lowest BCUT2D eigenvalue weighted by molar-refractivity contribution is -0.143. The van der Waals surface area contributed by atoms with Gasteiger partial charge in [-0.3, -0.25) is 19.2 Å². The maximum absolute atomic E-state index is 13.8. The Morgan fingerprint density at radius 2 is 1.36 bits per heavy atom. The topological polar surface area (TPSA) is 256 Å². The molecule has 5 atom stereocenters. The van der Waals surface area contributed by atoms with Crippen LogP contribution in [0, 0.1) is 0 Å². The Kier molecular flexibility index (Phi) is 14.0. The van der Waals surface area contributed by atoms with Crippen molar-refractivity contribution in [3.8, 4) is 5.75 Å². The number of hydrogen-bond acceptors (Lipinski definition) is 10. The number of carbonyl (C=O) groups excluding carboxylic acids is 4. The fourth-order valence-corrected chi connectivity index (χ4v) is 5.15. The lowest BCUT2D eigenvalue weighted by Gasteiger charge is -2.26. The van der Waals surface area contributed by atoms with Gasteiger partial charge in [0.1, 0.15) is 36.0 Å². The summed E-state index contributed by atoms with van der Waals surface area (Å²) in [6.45, 7) is -1.54. The van der Waals surface area contributed by atoms with Crippen molar-refractivity contribution in [3.05, 3.63) is 65.9 Å². The summed E-state index contributed by atoms with van der Waals surface area (Å²) in [5.74, 6) is -4.22. The summed E-state index contributed by atoms with van der Waals surface area (Å²) in [7, 11) is 0. The van der Waals surface area contributed by atoms with Crippen molar-refractivity contribution in [3.63, 3.8) is 0 Å². The number of amides is 4. The number of aliphatic hydroxyl groups excluding tert-OH is 2. The molecular weight excluding hydrogens is 632 g/mol. The summed E-state index contributed by atoms with van der Waals surface area (Å²) < 4.78 is 0. The van der Waals surface area contributed by atoms with Crippen molar-refractivity contribution in [1.82, 2.24) is 26.3 Å². The summed E-state index contributed by atoms with van der Waals surface area (Å²) in [5.41, 5.74) is 7.68. The Balaban J connectivity index is 1.93. The molecule has 47 heavy (non-hydrogen) atoms. The maximum Gasteiger partial charge on any atom is 0.328 e. The molecule has 0 bridgehead atoms. The quantitative estimate of drug-likeness (QED) is 0.0764. The lowest BCUT2D eigenvalue weighted by Crippen LogP contribution is -2.59. The maximum atomic E-state index is 13.8. The Bertz CT molecular complexity index is 1530. The number of H-pyrrole nitrogens is 1. The predicted octanol–water partition coefficient (Wildman–Crippen LogP) is -1.25. The van der Waals surface area contributed by atoms with Crippen LogP contribution < -0.4 is 27.0 Å². The predicted molar refractivity (Wildman–Crippen MR) is 174 cm³/mol. The van der Waals surface area contributed by atoms with Crippen LogP contribution in [-0.2, 0) is 36.8 Å². The van der Waals surface area contributed by atoms with Crippen LogP contribution in [0.4, 0.5) is 0 Å². The number of carboxylic acids is 1. The summed E-state index contributed by atoms with van der Waals surface area (Å²) in [4.78, 5) is 67.8. The molecule has 0 aliphatic rings. The van der Waals surface area contributed by atoms with Crippen molar-refractivity contribution in [2.24, 2.45) is 5.73 Å². The summed E-state index contributed by atoms with van der Waals surface area (Å²) in [5, 5.41) is 48.5. The first-order valence-corrected chi connectivity index (χ1v) is 16.1. The molecule has 0 saturated carbocycles. The molecule has 2 aromatic carbocycles. The van der Waals surface area contributed by atoms with E-state index in [9.17, 15) is 44.4 Å². The lowest BCUT2D eigenvalue weighted by atomic mass is 10.0. The third-order valence-corrected chi connectivity index (χ3v) is 7.96. The molecule has 3 rings (SSSR count). The first-order valence-electron chi connectivity index (χ1n) is 14.7. The van der Waals surface area contributed by atoms with Crippen molar-refractivity contribution < 1.29 is 44.4 Å². The summed E-state index contributed by atoms with van der Waals surface area (Å²) in [6.07, 6.45) is 3.49. The van der Waals surface area contributed by atoms with Crippen LogP contribution in [0.1, 0.15) is 17.5 Å². The molecule has 1 heterocycles. The van der Waals surface area contributed by atoms with Gasteiger partial charge in [0.05, 0.1) is 13.2 Å². The van der Waals surface area contributed by atoms with Gasteiger partial charge in [-0.15, -0.1) is 0 Å². The SMILES string of the molecule is CSCC[C@H](NC(=O)[C@H](Cc1c[nH]c2ccccc12)NC(=O)[C@H](Cc1ccc(O)cc1)NC(=O)[C@@H](N)CO)C(=O)N[C@@H](CO)C(=O)O. The Morgan fingerprint density at radius 3 is 1.98 bits per heavy atom. The van der Waals surface area contributed by atoms with Crippen LogP contribution >= 0.6 is 11.8 Å². The van der Waals surface area contributed by atoms with E-state index in [2.05, 4.69) is 26.3 Å². The van der Waals surface area contributed by atoms with E-state index in [4.69, 9.17) is 5.73 Å². The number of nitrogens with two attached hydrogens (primary N) is 1. The van der Waals surface area contributed by atoms with Crippen LogP contribution in [0.15, 0.2) is 54.7 Å². The number of hydrogen-bond donors (Lipinski definition) is 10. The van der Waals surface area contributed by atoms with Crippen molar-refractivity contribution in [1.29, 1.82) is 0 Å². The molecule has 4 amide bonds. The van der Waals surface area contributed by atoms with Crippen molar-refractivity contribution in [2.75, 3.05) is 25.2 Å². The second-order valence-corrected chi connectivity index (χ2v) is 11.8. The number of rotatable bonds is 18. The molecule has 11 N–H and O–H groups in total. The fourth-order valence-electron chi connectivity index (χ4n) is 4.68. The van der Waals surface area contributed by atoms with E-state index in [1.165, 1.54) is 23.9 Å². The zero-order valence-corrected chi connectivity index (χ0v) is 26.5. The normalized spacial score (nSPS) is 14.3. The van der Waals surface area contributed by atoms with Gasteiger partial charge >= 0.3 is 5.97 Å². The highest BCUT2D eigenvalue weighted by molar-refractivity contribution is 7.98. The monoisotopic (exact) mass is 672 g/mol. The highest BCUT2D eigenvalue weighted by atomic mass is 32.2. The fraction of sp³-hybridized carbons (Fsp3) is 0.387. The number of phenolic OH excluding ortho intramolecular Hbond substituents is 1. The van der Waals surface area contributed by atoms with Crippen LogP contribution in [0.25, 0.3) is 10.9 Å². The molecule has 15 nitrogen and oxygen atoms in total. The van der Waals surface area contributed by atoms with E-state index in [-0.39, 0.29) is 25.0 Å². The van der Waals surface area contributed by atoms with Gasteiger partial charge in [-0.25, -0.2) is 4.79 Å². The number of carboxylic acid groups (broad SMARTS) is 1. The molecule has 0 saturated heterocycles. The molecule has 0 aliphatic carbocycles. The first kappa shape index (κ1) is 36.8. The average Bonchev–Trinajstić information content (AvgIpc) is 3.47. The number of phenols is 1. The molecule has 0 radical (unpaired) electrons. The molecule has 0 aliphatic heterocycles. The number of carbonyl (C=O) groups is 5. The van der Waals surface area contributed by atoms with Gasteiger partial charge < -0.3 is 52.4 Å². The standard InChI is InChI=1S/C31H40N6O9S/c1-47-11-10-23(28(42)37-26(16-39)31(45)46)34-30(44)25(13-18-14-33-22-5-3-2-4-20(18)22)36-29(43)24(35-27(41)21(32)15-38)12-17-6-8-19(40)9-7-17/h2-9,14,21,23-26,33,38-40H,10-13,15-16,32H2,1H3,(H,34,44)(H,35,41)(H,36,43)(H,37,42)(H,45,46)/t21-,23-,24-,25-,26-/m0/s1. The third-order valence-electron chi connectivity index (χ3n) is 7.32. The molecule has 254 valence electrons. The zero-order chi connectivity index (χ0) is 34.5. The van der Waals surface area contributed by atoms with Crippen molar-refractivity contribution >= 4 is 52.3 Å². The van der Waals surface area contributed by atoms with E-state index in [0.29, 0.717) is 16.9 Å². The van der Waals surface area contributed by atoms with Gasteiger partial charge in [0.15, 0.2) is 0 Å². The van der Waals surface area contributed by atoms with E-state index < -0.39 is 73.0 Å². The average molecular weight is 673 g/mol. The van der Waals surface area contributed by atoms with Gasteiger partial charge in [-0.05, 0) is 47.8 Å². The second kappa shape index (κ2) is 17.9. The van der Waals surface area contributed by atoms with E-state index in [0.717, 1.165) is 10.9 Å². The molecule has 1 aromatic heterocycles. The van der Waals surface area contributed by atoms with Gasteiger partial charge in [-0.2, -0.15) is 11.8 Å². The molecule has 0 unspecified atom stereocenters. The van der Waals surface area contributed by atoms with Crippen LogP contribution in [-0.4, -0.2) is 110 Å². The minimum atomic E-state index is -1.59. The molecule has 0 spiro atoms. The minimum Gasteiger partial charge on any atom is -0.508 e. The van der Waals surface area contributed by atoms with Crippen LogP contribution in [0.3, 0.4) is 0 Å². The number of fused-ring (bicyclic) bond motifs is 1. The Morgan fingerprint density at radius 1 is 0.787 bits per heavy atom. The largest absolute Gasteiger partial charge is 0.508 e. The number of aromatic nitrogens is 1. The number of aliphatic hydroxyl groups is 2. The number of benzene rings is 2. The number of thioether (sulfide) groups is 1. The van der Waals surface area contributed by atoms with Gasteiger partial charge in [0, 0.05) is 29.9 Å². The number of aromatic amines is 1. The highest BCUT2D eigenvalue weighted by Gasteiger charge is 2.32. The van der Waals surface area contributed by atoms with Gasteiger partial charge in [0.25, 0.3) is 0 Å². The Labute approximate surface area is 274 Å². The van der Waals surface area contributed by atoms with Crippen molar-refractivity contribution in [2.45, 2.75) is 49.5 Å². The number of aromatic hydroxyl groups is 1. The first-order chi connectivity index (χ1) is 22.5. The smallest absolute Gasteiger partial charge is 0.328 e. The van der Waals surface area contributed by atoms with Gasteiger partial charge in [-0.1, -0.05) is 30.3 Å². The van der Waals surface area contributed by atoms with E-state index >= 15 is 0 Å². The van der Waals surface area contributed by atoms with E-state index in [1.54, 1.807) is 24.6 Å². The van der Waals surface area contributed by atoms with E-state index in [1.807, 2.05) is 24.3 Å². The molecule has 16 heteroatoms. The second-order valence-electron chi connectivity index (χ2n) is 10.8. The highest BCUT2D eigenvalue weighted by Crippen LogP contribution is 2.20. The van der Waals surface area contributed by atoms with Crippen LogP contribution in [0.2, 0.25) is 0 Å². The Hall–Kier alpha value is -4.64. The molecule has 0 fully saturated rings. The number of nitrogens with one attached hydrogen (secondary N) is 5.